The number of hydrogen-bond donors (Lipinski definition) is 3. The molecule has 0 heterocycles. The molecule has 1 atom stereocenters. The third-order valence-corrected chi connectivity index (χ3v) is 2.47. The van der Waals surface area contributed by atoms with Crippen LogP contribution >= 0.6 is 0 Å². The minimum atomic E-state index is -1.17. The zero-order valence-corrected chi connectivity index (χ0v) is 11.0. The lowest BCUT2D eigenvalue weighted by molar-refractivity contribution is -0.141. The van der Waals surface area contributed by atoms with Crippen molar-refractivity contribution < 1.29 is 24.2 Å². The second-order valence-electron chi connectivity index (χ2n) is 4.14. The summed E-state index contributed by atoms with van der Waals surface area (Å²) < 4.78 is 5.00. The highest BCUT2D eigenvalue weighted by Crippen LogP contribution is 2.18. The molecule has 1 rings (SSSR count). The van der Waals surface area contributed by atoms with E-state index < -0.39 is 23.9 Å². The van der Waals surface area contributed by atoms with Crippen LogP contribution in [0.25, 0.3) is 0 Å². The van der Waals surface area contributed by atoms with Crippen molar-refractivity contribution in [2.24, 2.45) is 5.73 Å². The normalized spacial score (nSPS) is 11.7. The van der Waals surface area contributed by atoms with Crippen LogP contribution in [0.4, 0.5) is 0 Å². The second-order valence-corrected chi connectivity index (χ2v) is 4.14. The first-order valence-corrected chi connectivity index (χ1v) is 5.91. The number of para-hydroxylation sites is 1. The number of benzene rings is 1. The van der Waals surface area contributed by atoms with Gasteiger partial charge in [-0.25, -0.2) is 0 Å². The predicted octanol–water partition coefficient (Wildman–Crippen LogP) is 0.0301. The first kappa shape index (κ1) is 15.6. The van der Waals surface area contributed by atoms with Crippen molar-refractivity contribution in [3.05, 3.63) is 29.8 Å². The molecule has 0 spiro atoms. The number of carboxylic acids is 1. The van der Waals surface area contributed by atoms with E-state index in [1.165, 1.54) is 6.92 Å². The fourth-order valence-corrected chi connectivity index (χ4v) is 1.59. The van der Waals surface area contributed by atoms with Crippen molar-refractivity contribution in [2.75, 3.05) is 0 Å². The number of primary amides is 1. The summed E-state index contributed by atoms with van der Waals surface area (Å²) in [6.07, 6.45) is -0.314. The molecule has 1 aromatic carbocycles. The van der Waals surface area contributed by atoms with E-state index in [1.54, 1.807) is 24.3 Å². The van der Waals surface area contributed by atoms with Crippen molar-refractivity contribution in [2.45, 2.75) is 25.9 Å². The summed E-state index contributed by atoms with van der Waals surface area (Å²) in [5, 5.41) is 11.6. The van der Waals surface area contributed by atoms with Crippen molar-refractivity contribution in [1.29, 1.82) is 0 Å². The standard InChI is InChI=1S/C13H16N2O5/c1-8(16)20-11-5-3-2-4-9(11)7-15-10(13(18)19)6-12(14)17/h2-5,10,15H,6-7H2,1H3,(H2,14,17)(H,18,19)/t10-/m0/s1. The number of ether oxygens (including phenoxy) is 1. The van der Waals surface area contributed by atoms with Gasteiger partial charge in [0.1, 0.15) is 11.8 Å². The molecule has 1 amide bonds. The highest BCUT2D eigenvalue weighted by atomic mass is 16.5. The lowest BCUT2D eigenvalue weighted by Crippen LogP contribution is -2.39. The van der Waals surface area contributed by atoms with Gasteiger partial charge in [0.25, 0.3) is 0 Å². The molecular weight excluding hydrogens is 264 g/mol. The molecule has 7 nitrogen and oxygen atoms in total. The molecule has 108 valence electrons. The average Bonchev–Trinajstić information content (AvgIpc) is 2.34. The van der Waals surface area contributed by atoms with Gasteiger partial charge in [0.2, 0.25) is 5.91 Å². The number of hydrogen-bond acceptors (Lipinski definition) is 5. The Morgan fingerprint density at radius 1 is 1.35 bits per heavy atom. The third kappa shape index (κ3) is 5.07. The van der Waals surface area contributed by atoms with Gasteiger partial charge >= 0.3 is 11.9 Å². The van der Waals surface area contributed by atoms with E-state index in [4.69, 9.17) is 15.6 Å². The van der Waals surface area contributed by atoms with Crippen molar-refractivity contribution in [3.63, 3.8) is 0 Å². The van der Waals surface area contributed by atoms with Crippen molar-refractivity contribution in [1.82, 2.24) is 5.32 Å². The number of carboxylic acid groups (broad SMARTS) is 1. The molecule has 0 unspecified atom stereocenters. The first-order chi connectivity index (χ1) is 9.40. The Kier molecular flexibility index (Phi) is 5.67. The molecule has 0 radical (unpaired) electrons. The lowest BCUT2D eigenvalue weighted by Gasteiger charge is -2.14. The SMILES string of the molecule is CC(=O)Oc1ccccc1CN[C@@H](CC(N)=O)C(=O)O. The largest absolute Gasteiger partial charge is 0.480 e. The van der Waals surface area contributed by atoms with Crippen LogP contribution in [0.1, 0.15) is 18.9 Å². The molecule has 1 aromatic rings. The van der Waals surface area contributed by atoms with Gasteiger partial charge in [0, 0.05) is 19.0 Å². The number of aliphatic carboxylic acids is 1. The summed E-state index contributed by atoms with van der Waals surface area (Å²) >= 11 is 0. The summed E-state index contributed by atoms with van der Waals surface area (Å²) in [6, 6.07) is 5.63. The van der Waals surface area contributed by atoms with Crippen LogP contribution in [0.5, 0.6) is 5.75 Å². The maximum absolute atomic E-state index is 11.0. The van der Waals surface area contributed by atoms with Gasteiger partial charge in [0.05, 0.1) is 6.42 Å². The van der Waals surface area contributed by atoms with Gasteiger partial charge < -0.3 is 15.6 Å². The van der Waals surface area contributed by atoms with Crippen LogP contribution in [0.3, 0.4) is 0 Å². The van der Waals surface area contributed by atoms with Crippen LogP contribution in [-0.2, 0) is 20.9 Å². The molecule has 0 bridgehead atoms. The minimum absolute atomic E-state index is 0.133. The molecule has 0 aliphatic rings. The quantitative estimate of drug-likeness (QED) is 0.479. The van der Waals surface area contributed by atoms with Gasteiger partial charge in [-0.15, -0.1) is 0 Å². The van der Waals surface area contributed by atoms with Crippen molar-refractivity contribution >= 4 is 17.8 Å². The number of amides is 1. The van der Waals surface area contributed by atoms with E-state index in [2.05, 4.69) is 5.32 Å². The molecule has 0 fully saturated rings. The van der Waals surface area contributed by atoms with Gasteiger partial charge in [-0.05, 0) is 6.07 Å². The van der Waals surface area contributed by atoms with Crippen molar-refractivity contribution in [3.8, 4) is 5.75 Å². The van der Waals surface area contributed by atoms with Crippen LogP contribution in [-0.4, -0.2) is 29.0 Å². The maximum atomic E-state index is 11.0. The number of carbonyl (C=O) groups excluding carboxylic acids is 2. The molecule has 0 saturated heterocycles. The molecular formula is C13H16N2O5. The highest BCUT2D eigenvalue weighted by Gasteiger charge is 2.19. The molecule has 0 saturated carbocycles. The zero-order chi connectivity index (χ0) is 15.1. The average molecular weight is 280 g/mol. The van der Waals surface area contributed by atoms with Crippen LogP contribution < -0.4 is 15.8 Å². The fraction of sp³-hybridized carbons (Fsp3) is 0.308. The number of rotatable bonds is 7. The third-order valence-electron chi connectivity index (χ3n) is 2.47. The maximum Gasteiger partial charge on any atom is 0.321 e. The summed E-state index contributed by atoms with van der Waals surface area (Å²) in [5.41, 5.74) is 5.59. The number of nitrogens with two attached hydrogens (primary N) is 1. The molecule has 0 aliphatic heterocycles. The minimum Gasteiger partial charge on any atom is -0.480 e. The van der Waals surface area contributed by atoms with E-state index >= 15 is 0 Å². The number of carbonyl (C=O) groups is 3. The Labute approximate surface area is 115 Å². The Morgan fingerprint density at radius 3 is 2.55 bits per heavy atom. The van der Waals surface area contributed by atoms with E-state index in [1.807, 2.05) is 0 Å². The zero-order valence-electron chi connectivity index (χ0n) is 11.0. The Balaban J connectivity index is 2.74. The van der Waals surface area contributed by atoms with Gasteiger partial charge in [-0.3, -0.25) is 19.7 Å². The van der Waals surface area contributed by atoms with E-state index in [-0.39, 0.29) is 13.0 Å². The van der Waals surface area contributed by atoms with Gasteiger partial charge in [-0.2, -0.15) is 0 Å². The smallest absolute Gasteiger partial charge is 0.321 e. The van der Waals surface area contributed by atoms with Crippen LogP contribution in [0.15, 0.2) is 24.3 Å². The number of nitrogens with one attached hydrogen (secondary N) is 1. The summed E-state index contributed by atoms with van der Waals surface area (Å²) in [7, 11) is 0. The summed E-state index contributed by atoms with van der Waals surface area (Å²) in [6.45, 7) is 1.41. The van der Waals surface area contributed by atoms with E-state index in [0.717, 1.165) is 0 Å². The van der Waals surface area contributed by atoms with Crippen LogP contribution in [0.2, 0.25) is 0 Å². The highest BCUT2D eigenvalue weighted by molar-refractivity contribution is 5.83. The molecule has 0 aliphatic carbocycles. The molecule has 7 heteroatoms. The Bertz CT molecular complexity index is 515. The lowest BCUT2D eigenvalue weighted by atomic mass is 10.1. The number of esters is 1. The van der Waals surface area contributed by atoms with Crippen LogP contribution in [0, 0.1) is 0 Å². The first-order valence-electron chi connectivity index (χ1n) is 5.91. The van der Waals surface area contributed by atoms with E-state index in [9.17, 15) is 14.4 Å². The van der Waals surface area contributed by atoms with E-state index in [0.29, 0.717) is 11.3 Å². The molecule has 4 N–H and O–H groups in total. The van der Waals surface area contributed by atoms with Gasteiger partial charge in [-0.1, -0.05) is 18.2 Å². The Morgan fingerprint density at radius 2 is 2.00 bits per heavy atom. The van der Waals surface area contributed by atoms with Gasteiger partial charge in [0.15, 0.2) is 0 Å². The summed E-state index contributed by atoms with van der Waals surface area (Å²) in [4.78, 5) is 32.7. The molecule has 0 aromatic heterocycles. The monoisotopic (exact) mass is 280 g/mol. The fourth-order valence-electron chi connectivity index (χ4n) is 1.59. The topological polar surface area (TPSA) is 119 Å². The second kappa shape index (κ2) is 7.25. The molecule has 20 heavy (non-hydrogen) atoms. The Hall–Kier alpha value is -2.41. The summed E-state index contributed by atoms with van der Waals surface area (Å²) in [5.74, 6) is -2.01. The predicted molar refractivity (Wildman–Crippen MR) is 69.8 cm³/mol.